The summed E-state index contributed by atoms with van der Waals surface area (Å²) in [6.07, 6.45) is 1.49. The lowest BCUT2D eigenvalue weighted by Gasteiger charge is -2.16. The van der Waals surface area contributed by atoms with E-state index in [9.17, 15) is 14.7 Å². The summed E-state index contributed by atoms with van der Waals surface area (Å²) in [7, 11) is 0. The summed E-state index contributed by atoms with van der Waals surface area (Å²) in [6.45, 7) is 3.87. The summed E-state index contributed by atoms with van der Waals surface area (Å²) in [6, 6.07) is 8.99. The molecule has 4 rings (SSSR count). The Labute approximate surface area is 143 Å². The molecule has 0 fully saturated rings. The Balaban J connectivity index is 1.82. The number of hydrogen-bond acceptors (Lipinski definition) is 4. The van der Waals surface area contributed by atoms with Crippen LogP contribution in [0.15, 0.2) is 36.5 Å². The highest BCUT2D eigenvalue weighted by molar-refractivity contribution is 6.11. The number of anilines is 1. The zero-order valence-corrected chi connectivity index (χ0v) is 13.8. The van der Waals surface area contributed by atoms with E-state index in [2.05, 4.69) is 10.1 Å². The van der Waals surface area contributed by atoms with Crippen LogP contribution < -0.4 is 4.90 Å². The van der Waals surface area contributed by atoms with Crippen molar-refractivity contribution in [1.29, 1.82) is 0 Å². The van der Waals surface area contributed by atoms with Gasteiger partial charge in [-0.1, -0.05) is 18.2 Å². The summed E-state index contributed by atoms with van der Waals surface area (Å²) >= 11 is 0. The highest BCUT2D eigenvalue weighted by atomic mass is 16.4. The maximum atomic E-state index is 13.1. The molecule has 1 aliphatic heterocycles. The van der Waals surface area contributed by atoms with Crippen molar-refractivity contribution in [3.8, 4) is 0 Å². The molecule has 0 bridgehead atoms. The van der Waals surface area contributed by atoms with Gasteiger partial charge in [0.15, 0.2) is 5.65 Å². The Morgan fingerprint density at radius 2 is 2.00 bits per heavy atom. The number of aryl methyl sites for hydroxylation is 2. The predicted molar refractivity (Wildman–Crippen MR) is 91.0 cm³/mol. The van der Waals surface area contributed by atoms with Crippen LogP contribution in [0.1, 0.15) is 33.2 Å². The zero-order valence-electron chi connectivity index (χ0n) is 13.8. The minimum Gasteiger partial charge on any atom is -0.481 e. The Hall–Kier alpha value is -3.22. The minimum atomic E-state index is -0.938. The van der Waals surface area contributed by atoms with Gasteiger partial charge in [0.2, 0.25) is 0 Å². The predicted octanol–water partition coefficient (Wildman–Crippen LogP) is 2.17. The molecule has 2 aromatic heterocycles. The fraction of sp³-hybridized carbons (Fsp3) is 0.222. The van der Waals surface area contributed by atoms with Crippen molar-refractivity contribution in [2.75, 3.05) is 11.4 Å². The number of nitrogens with zero attached hydrogens (tertiary/aromatic N) is 4. The Kier molecular flexibility index (Phi) is 3.31. The molecule has 1 aromatic carbocycles. The molecule has 1 unspecified atom stereocenters. The lowest BCUT2D eigenvalue weighted by atomic mass is 10.0. The van der Waals surface area contributed by atoms with Gasteiger partial charge >= 0.3 is 5.97 Å². The number of hydrogen-bond donors (Lipinski definition) is 1. The third-order valence-electron chi connectivity index (χ3n) is 4.52. The molecular weight excluding hydrogens is 320 g/mol. The van der Waals surface area contributed by atoms with E-state index in [1.807, 2.05) is 19.9 Å². The van der Waals surface area contributed by atoms with E-state index in [1.165, 1.54) is 11.1 Å². The van der Waals surface area contributed by atoms with Crippen molar-refractivity contribution < 1.29 is 14.7 Å². The molecule has 0 aliphatic carbocycles. The van der Waals surface area contributed by atoms with Crippen molar-refractivity contribution in [1.82, 2.24) is 14.6 Å². The number of carbonyl (C=O) groups is 2. The number of rotatable bonds is 2. The van der Waals surface area contributed by atoms with Crippen molar-refractivity contribution in [3.05, 3.63) is 59.0 Å². The highest BCUT2D eigenvalue weighted by Gasteiger charge is 2.37. The van der Waals surface area contributed by atoms with E-state index in [-0.39, 0.29) is 12.5 Å². The smallest absolute Gasteiger partial charge is 0.312 e. The zero-order chi connectivity index (χ0) is 17.7. The molecule has 3 aromatic rings. The van der Waals surface area contributed by atoms with E-state index in [0.29, 0.717) is 22.5 Å². The number of carboxylic acid groups (broad SMARTS) is 1. The van der Waals surface area contributed by atoms with E-state index >= 15 is 0 Å². The molecule has 7 heteroatoms. The first-order valence-corrected chi connectivity index (χ1v) is 7.93. The topological polar surface area (TPSA) is 87.8 Å². The number of carbonyl (C=O) groups excluding carboxylic acids is 1. The van der Waals surface area contributed by atoms with Crippen LogP contribution in [0.5, 0.6) is 0 Å². The summed E-state index contributed by atoms with van der Waals surface area (Å²) in [4.78, 5) is 30.6. The molecule has 1 N–H and O–H groups in total. The Morgan fingerprint density at radius 3 is 2.76 bits per heavy atom. The lowest BCUT2D eigenvalue weighted by molar-refractivity contribution is -0.138. The number of carboxylic acids is 1. The SMILES string of the molecule is Cc1cc(C)n2ncc(C(=O)N3CC(C(=O)O)c4ccccc43)c2n1. The van der Waals surface area contributed by atoms with Crippen molar-refractivity contribution >= 4 is 23.2 Å². The number of aromatic nitrogens is 3. The molecule has 126 valence electrons. The van der Waals surface area contributed by atoms with Gasteiger partial charge in [-0.2, -0.15) is 5.10 Å². The van der Waals surface area contributed by atoms with Crippen LogP contribution in [0.25, 0.3) is 5.65 Å². The van der Waals surface area contributed by atoms with Crippen LogP contribution in [-0.4, -0.2) is 38.1 Å². The fourth-order valence-electron chi connectivity index (χ4n) is 3.38. The molecule has 0 spiro atoms. The summed E-state index contributed by atoms with van der Waals surface area (Å²) in [5.74, 6) is -1.95. The third kappa shape index (κ3) is 2.27. The fourth-order valence-corrected chi connectivity index (χ4v) is 3.38. The van der Waals surface area contributed by atoms with Gasteiger partial charge in [0, 0.05) is 23.6 Å². The van der Waals surface area contributed by atoms with Crippen LogP contribution in [-0.2, 0) is 4.79 Å². The van der Waals surface area contributed by atoms with Gasteiger partial charge in [-0.15, -0.1) is 0 Å². The molecular formula is C18H16N4O3. The van der Waals surface area contributed by atoms with Gasteiger partial charge in [-0.25, -0.2) is 9.50 Å². The average molecular weight is 336 g/mol. The minimum absolute atomic E-state index is 0.107. The largest absolute Gasteiger partial charge is 0.481 e. The number of para-hydroxylation sites is 1. The number of fused-ring (bicyclic) bond motifs is 2. The Morgan fingerprint density at radius 1 is 1.24 bits per heavy atom. The van der Waals surface area contributed by atoms with E-state index in [0.717, 1.165) is 11.4 Å². The number of aliphatic carboxylic acids is 1. The van der Waals surface area contributed by atoms with Gasteiger partial charge < -0.3 is 10.0 Å². The third-order valence-corrected chi connectivity index (χ3v) is 4.52. The van der Waals surface area contributed by atoms with Crippen LogP contribution in [0.3, 0.4) is 0 Å². The molecule has 3 heterocycles. The van der Waals surface area contributed by atoms with Crippen molar-refractivity contribution in [3.63, 3.8) is 0 Å². The molecule has 0 saturated heterocycles. The second-order valence-electron chi connectivity index (χ2n) is 6.20. The standard InChI is InChI=1S/C18H16N4O3/c1-10-7-11(2)22-16(20-10)13(8-19-22)17(23)21-9-14(18(24)25)12-5-3-4-6-15(12)21/h3-8,14H,9H2,1-2H3,(H,24,25). The summed E-state index contributed by atoms with van der Waals surface area (Å²) < 4.78 is 1.62. The second kappa shape index (κ2) is 5.41. The summed E-state index contributed by atoms with van der Waals surface area (Å²) in [5, 5.41) is 13.7. The maximum Gasteiger partial charge on any atom is 0.312 e. The first-order chi connectivity index (χ1) is 12.0. The quantitative estimate of drug-likeness (QED) is 0.775. The number of benzene rings is 1. The van der Waals surface area contributed by atoms with Crippen molar-refractivity contribution in [2.24, 2.45) is 0 Å². The normalized spacial score (nSPS) is 16.2. The monoisotopic (exact) mass is 336 g/mol. The number of amides is 1. The second-order valence-corrected chi connectivity index (χ2v) is 6.20. The first-order valence-electron chi connectivity index (χ1n) is 7.93. The Bertz CT molecular complexity index is 1020. The van der Waals surface area contributed by atoms with Gasteiger partial charge in [0.25, 0.3) is 5.91 Å². The molecule has 1 aliphatic rings. The van der Waals surface area contributed by atoms with E-state index in [4.69, 9.17) is 0 Å². The van der Waals surface area contributed by atoms with Crippen LogP contribution in [0.2, 0.25) is 0 Å². The average Bonchev–Trinajstić information content (AvgIpc) is 3.16. The van der Waals surface area contributed by atoms with E-state index in [1.54, 1.807) is 28.8 Å². The lowest BCUT2D eigenvalue weighted by Crippen LogP contribution is -2.31. The summed E-state index contributed by atoms with van der Waals surface area (Å²) in [5.41, 5.74) is 3.81. The van der Waals surface area contributed by atoms with Crippen LogP contribution in [0.4, 0.5) is 5.69 Å². The molecule has 0 radical (unpaired) electrons. The van der Waals surface area contributed by atoms with Gasteiger partial charge in [0.1, 0.15) is 11.5 Å². The maximum absolute atomic E-state index is 13.1. The molecule has 1 atom stereocenters. The van der Waals surface area contributed by atoms with Gasteiger partial charge in [-0.05, 0) is 31.5 Å². The molecule has 25 heavy (non-hydrogen) atoms. The van der Waals surface area contributed by atoms with Crippen LogP contribution >= 0.6 is 0 Å². The van der Waals surface area contributed by atoms with E-state index < -0.39 is 11.9 Å². The van der Waals surface area contributed by atoms with Crippen molar-refractivity contribution in [2.45, 2.75) is 19.8 Å². The molecule has 1 amide bonds. The molecule has 0 saturated carbocycles. The van der Waals surface area contributed by atoms with Gasteiger partial charge in [0.05, 0.1) is 6.20 Å². The van der Waals surface area contributed by atoms with Gasteiger partial charge in [-0.3, -0.25) is 9.59 Å². The first kappa shape index (κ1) is 15.3. The van der Waals surface area contributed by atoms with Crippen LogP contribution in [0, 0.1) is 13.8 Å². The molecule has 7 nitrogen and oxygen atoms in total. The highest BCUT2D eigenvalue weighted by Crippen LogP contribution is 2.37.